The van der Waals surface area contributed by atoms with E-state index in [-0.39, 0.29) is 60.6 Å². The molecule has 0 aliphatic carbocycles. The first-order valence-corrected chi connectivity index (χ1v) is 6.02. The molecule has 0 amide bonds. The van der Waals surface area contributed by atoms with Crippen LogP contribution in [0.1, 0.15) is 5.56 Å². The molecule has 0 saturated heterocycles. The topological polar surface area (TPSA) is 46.2 Å². The summed E-state index contributed by atoms with van der Waals surface area (Å²) in [5, 5.41) is 0. The van der Waals surface area contributed by atoms with Crippen LogP contribution in [0, 0.1) is 6.92 Å². The standard InChI is InChI=1S/C8H9NO2S3.K/c1-6-2-4-7(5-3-6)14(10,11)9-8(12)13;/h2-5H,1H3,(H2,9,12,13);/q;+1/p-1. The van der Waals surface area contributed by atoms with Gasteiger partial charge < -0.3 is 24.8 Å². The molecule has 0 aliphatic rings. The number of sulfonamides is 1. The molecule has 76 valence electrons. The zero-order valence-corrected chi connectivity index (χ0v) is 13.9. The molecule has 1 rings (SSSR count). The van der Waals surface area contributed by atoms with Crippen LogP contribution >= 0.6 is 12.2 Å². The average Bonchev–Trinajstić information content (AvgIpc) is 2.02. The molecule has 0 unspecified atom stereocenters. The number of rotatable bonds is 2. The predicted molar refractivity (Wildman–Crippen MR) is 61.5 cm³/mol. The van der Waals surface area contributed by atoms with Gasteiger partial charge in [-0.05, 0) is 19.1 Å². The van der Waals surface area contributed by atoms with Gasteiger partial charge in [0.05, 0.1) is 4.90 Å². The van der Waals surface area contributed by atoms with Crippen LogP contribution < -0.4 is 56.1 Å². The van der Waals surface area contributed by atoms with Crippen molar-refractivity contribution < 1.29 is 59.8 Å². The summed E-state index contributed by atoms with van der Waals surface area (Å²) < 4.78 is 24.9. The van der Waals surface area contributed by atoms with Crippen molar-refractivity contribution in [2.75, 3.05) is 0 Å². The van der Waals surface area contributed by atoms with Crippen LogP contribution in [0.2, 0.25) is 0 Å². The van der Waals surface area contributed by atoms with Crippen molar-refractivity contribution >= 4 is 39.2 Å². The fourth-order valence-electron chi connectivity index (χ4n) is 0.886. The summed E-state index contributed by atoms with van der Waals surface area (Å²) in [6, 6.07) is 6.43. The summed E-state index contributed by atoms with van der Waals surface area (Å²) >= 11 is 8.99. The number of thiocarbonyl (C=S) groups is 1. The van der Waals surface area contributed by atoms with Crippen molar-refractivity contribution in [3.8, 4) is 0 Å². The van der Waals surface area contributed by atoms with E-state index in [0.717, 1.165) is 5.56 Å². The van der Waals surface area contributed by atoms with Gasteiger partial charge in [-0.1, -0.05) is 22.0 Å². The number of hydrogen-bond donors (Lipinski definition) is 1. The van der Waals surface area contributed by atoms with E-state index < -0.39 is 10.0 Å². The molecule has 1 N–H and O–H groups in total. The van der Waals surface area contributed by atoms with E-state index in [1.165, 1.54) is 12.1 Å². The van der Waals surface area contributed by atoms with E-state index in [2.05, 4.69) is 29.6 Å². The van der Waals surface area contributed by atoms with Crippen LogP contribution in [0.3, 0.4) is 0 Å². The third kappa shape index (κ3) is 5.18. The van der Waals surface area contributed by atoms with Crippen molar-refractivity contribution in [1.82, 2.24) is 4.72 Å². The Kier molecular flexibility index (Phi) is 7.01. The predicted octanol–water partition coefficient (Wildman–Crippen LogP) is -1.89. The zero-order chi connectivity index (χ0) is 10.8. The van der Waals surface area contributed by atoms with E-state index >= 15 is 0 Å². The number of hydrogen-bond acceptors (Lipinski definition) is 4. The average molecular weight is 285 g/mol. The van der Waals surface area contributed by atoms with E-state index in [4.69, 9.17) is 0 Å². The first kappa shape index (κ1) is 15.9. The van der Waals surface area contributed by atoms with E-state index in [1.807, 2.05) is 6.92 Å². The molecule has 0 spiro atoms. The molecular formula is C8H8KNO2S3. The molecule has 1 aromatic rings. The van der Waals surface area contributed by atoms with Gasteiger partial charge in [-0.15, -0.1) is 0 Å². The smallest absolute Gasteiger partial charge is 0.410 e. The second-order valence-electron chi connectivity index (χ2n) is 2.71. The Labute approximate surface area is 143 Å². The van der Waals surface area contributed by atoms with Crippen molar-refractivity contribution in [3.05, 3.63) is 29.8 Å². The molecule has 0 heterocycles. The van der Waals surface area contributed by atoms with E-state index in [9.17, 15) is 8.42 Å². The van der Waals surface area contributed by atoms with Crippen LogP contribution in [-0.2, 0) is 22.7 Å². The third-order valence-corrected chi connectivity index (χ3v) is 3.38. The molecule has 0 radical (unpaired) electrons. The molecule has 0 aliphatic heterocycles. The van der Waals surface area contributed by atoms with Gasteiger partial charge in [0.25, 0.3) is 10.0 Å². The number of nitrogens with one attached hydrogen (secondary N) is 1. The molecular weight excluding hydrogens is 277 g/mol. The molecule has 7 heteroatoms. The van der Waals surface area contributed by atoms with Gasteiger partial charge in [-0.2, -0.15) is 0 Å². The molecule has 0 fully saturated rings. The summed E-state index contributed by atoms with van der Waals surface area (Å²) in [6.45, 7) is 1.88. The third-order valence-electron chi connectivity index (χ3n) is 1.55. The van der Waals surface area contributed by atoms with Gasteiger partial charge in [0, 0.05) is 0 Å². The summed E-state index contributed by atoms with van der Waals surface area (Å²) in [4.78, 5) is 0.162. The Morgan fingerprint density at radius 1 is 1.33 bits per heavy atom. The second kappa shape index (κ2) is 6.60. The van der Waals surface area contributed by atoms with Gasteiger partial charge in [-0.3, -0.25) is 4.72 Å². The SMILES string of the molecule is Cc1ccc(S(=O)(=O)NC(=S)[S-])cc1.[K+]. The maximum absolute atomic E-state index is 11.5. The molecule has 0 aromatic heterocycles. The molecule has 3 nitrogen and oxygen atoms in total. The first-order chi connectivity index (χ1) is 6.42. The fraction of sp³-hybridized carbons (Fsp3) is 0.125. The zero-order valence-electron chi connectivity index (χ0n) is 8.35. The first-order valence-electron chi connectivity index (χ1n) is 3.72. The Morgan fingerprint density at radius 2 is 1.80 bits per heavy atom. The Balaban J connectivity index is 0.00000196. The van der Waals surface area contributed by atoms with Gasteiger partial charge in [0.2, 0.25) is 0 Å². The molecule has 0 bridgehead atoms. The van der Waals surface area contributed by atoms with E-state index in [1.54, 1.807) is 12.1 Å². The quantitative estimate of drug-likeness (QED) is 0.392. The monoisotopic (exact) mass is 285 g/mol. The molecule has 1 aromatic carbocycles. The number of aryl methyl sites for hydroxylation is 1. The maximum Gasteiger partial charge on any atom is 1.00 e. The van der Waals surface area contributed by atoms with E-state index in [0.29, 0.717) is 0 Å². The molecule has 0 atom stereocenters. The minimum absolute atomic E-state index is 0. The van der Waals surface area contributed by atoms with Crippen molar-refractivity contribution in [2.24, 2.45) is 0 Å². The second-order valence-corrected chi connectivity index (χ2v) is 5.46. The van der Waals surface area contributed by atoms with Crippen molar-refractivity contribution in [1.29, 1.82) is 0 Å². The van der Waals surface area contributed by atoms with Gasteiger partial charge in [-0.25, -0.2) is 8.42 Å². The maximum atomic E-state index is 11.5. The van der Waals surface area contributed by atoms with Crippen LogP contribution in [-0.4, -0.2) is 12.7 Å². The largest absolute Gasteiger partial charge is 1.00 e. The normalized spacial score (nSPS) is 10.2. The van der Waals surface area contributed by atoms with Crippen LogP contribution in [0.15, 0.2) is 29.2 Å². The molecule has 15 heavy (non-hydrogen) atoms. The van der Waals surface area contributed by atoms with Crippen LogP contribution in [0.5, 0.6) is 0 Å². The summed E-state index contributed by atoms with van der Waals surface area (Å²) in [5.74, 6) is 0. The minimum atomic E-state index is -3.57. The summed E-state index contributed by atoms with van der Waals surface area (Å²) in [6.07, 6.45) is 0. The Hall–Kier alpha value is 0.916. The van der Waals surface area contributed by atoms with Crippen molar-refractivity contribution in [3.63, 3.8) is 0 Å². The fourth-order valence-corrected chi connectivity index (χ4v) is 2.38. The van der Waals surface area contributed by atoms with Crippen LogP contribution in [0.25, 0.3) is 0 Å². The van der Waals surface area contributed by atoms with Crippen LogP contribution in [0.4, 0.5) is 0 Å². The summed E-state index contributed by atoms with van der Waals surface area (Å²) in [7, 11) is -3.57. The minimum Gasteiger partial charge on any atom is -0.410 e. The van der Waals surface area contributed by atoms with Gasteiger partial charge >= 0.3 is 51.4 Å². The molecule has 0 saturated carbocycles. The van der Waals surface area contributed by atoms with Gasteiger partial charge in [0.1, 0.15) is 0 Å². The Morgan fingerprint density at radius 3 is 2.20 bits per heavy atom. The number of benzene rings is 1. The van der Waals surface area contributed by atoms with Gasteiger partial charge in [0.15, 0.2) is 0 Å². The van der Waals surface area contributed by atoms with Crippen molar-refractivity contribution in [2.45, 2.75) is 11.8 Å². The summed E-state index contributed by atoms with van der Waals surface area (Å²) in [5.41, 5.74) is 0.991. The Bertz CT molecular complexity index is 441.